The zero-order valence-electron chi connectivity index (χ0n) is 18.2. The largest absolute Gasteiger partial charge is 0.0806 e. The average Bonchev–Trinajstić information content (AvgIpc) is 3.46. The molecule has 148 valence electrons. The molecule has 0 heterocycles. The second-order valence-electron chi connectivity index (χ2n) is 10.2. The topological polar surface area (TPSA) is 0 Å². The Bertz CT molecular complexity index is 1030. The fourth-order valence-corrected chi connectivity index (χ4v) is 16.6. The van der Waals surface area contributed by atoms with Crippen LogP contribution in [-0.2, 0) is 12.8 Å². The molecule has 0 bridgehead atoms. The van der Waals surface area contributed by atoms with Crippen molar-refractivity contribution in [3.63, 3.8) is 0 Å². The van der Waals surface area contributed by atoms with Crippen molar-refractivity contribution in [1.29, 1.82) is 0 Å². The first-order valence-corrected chi connectivity index (χ1v) is 18.3. The molecule has 1 unspecified atom stereocenters. The van der Waals surface area contributed by atoms with E-state index >= 15 is 0 Å². The van der Waals surface area contributed by atoms with E-state index in [1.165, 1.54) is 30.4 Å². The van der Waals surface area contributed by atoms with Crippen molar-refractivity contribution in [1.82, 2.24) is 0 Å². The van der Waals surface area contributed by atoms with Crippen LogP contribution >= 0.6 is 0 Å². The van der Waals surface area contributed by atoms with Crippen LogP contribution in [-0.4, -0.2) is 15.2 Å². The Hall–Kier alpha value is -1.91. The maximum Gasteiger partial charge on any atom is 0.0548 e. The van der Waals surface area contributed by atoms with Gasteiger partial charge >= 0.3 is 0 Å². The summed E-state index contributed by atoms with van der Waals surface area (Å²) in [5.41, 5.74) is 10.7. The van der Waals surface area contributed by atoms with Crippen LogP contribution in [0, 0.1) is 0 Å². The normalized spacial score (nSPS) is 20.5. The highest BCUT2D eigenvalue weighted by Crippen LogP contribution is 2.50. The van der Waals surface area contributed by atoms with Crippen LogP contribution in [0.15, 0.2) is 66.8 Å². The first kappa shape index (κ1) is 19.1. The summed E-state index contributed by atoms with van der Waals surface area (Å²) >= 11 is 0. The van der Waals surface area contributed by atoms with Gasteiger partial charge in [0.1, 0.15) is 0 Å². The molecule has 0 amide bonds. The van der Waals surface area contributed by atoms with Gasteiger partial charge in [0.25, 0.3) is 0 Å². The number of hydrogen-bond donors (Lipinski definition) is 0. The van der Waals surface area contributed by atoms with Gasteiger partial charge in [-0.15, -0.1) is 0 Å². The highest BCUT2D eigenvalue weighted by atomic mass is 29.3. The minimum atomic E-state index is -1.52. The van der Waals surface area contributed by atoms with E-state index in [4.69, 9.17) is 0 Å². The van der Waals surface area contributed by atoms with E-state index in [0.717, 1.165) is 0 Å². The Balaban J connectivity index is 1.65. The Morgan fingerprint density at radius 3 is 2.28 bits per heavy atom. The van der Waals surface area contributed by atoms with E-state index in [9.17, 15) is 0 Å². The summed E-state index contributed by atoms with van der Waals surface area (Å²) in [6.07, 6.45) is 18.4. The maximum absolute atomic E-state index is 2.68. The van der Waals surface area contributed by atoms with Crippen molar-refractivity contribution >= 4 is 21.3 Å². The monoisotopic (exact) mass is 412 g/mol. The van der Waals surface area contributed by atoms with Crippen molar-refractivity contribution in [2.24, 2.45) is 0 Å². The Kier molecular flexibility index (Phi) is 4.49. The third-order valence-corrected chi connectivity index (χ3v) is 27.7. The molecule has 29 heavy (non-hydrogen) atoms. The second kappa shape index (κ2) is 6.82. The van der Waals surface area contributed by atoms with Crippen molar-refractivity contribution in [3.05, 3.63) is 89.0 Å². The van der Waals surface area contributed by atoms with E-state index in [0.29, 0.717) is 11.1 Å². The fourth-order valence-electron chi connectivity index (χ4n) is 5.82. The lowest BCUT2D eigenvalue weighted by Gasteiger charge is -2.45. The molecule has 0 radical (unpaired) electrons. The third kappa shape index (κ3) is 2.84. The molecule has 0 saturated carbocycles. The van der Waals surface area contributed by atoms with Gasteiger partial charge in [-0.3, -0.25) is 0 Å². The lowest BCUT2D eigenvalue weighted by atomic mass is 9.89. The second-order valence-corrected chi connectivity index (χ2v) is 26.1. The van der Waals surface area contributed by atoms with Crippen LogP contribution in [0.3, 0.4) is 0 Å². The van der Waals surface area contributed by atoms with Crippen LogP contribution < -0.4 is 0 Å². The third-order valence-electron chi connectivity index (χ3n) is 8.34. The molecule has 0 spiro atoms. The molecule has 2 aromatic carbocycles. The molecule has 3 aliphatic rings. The zero-order valence-corrected chi connectivity index (χ0v) is 20.2. The summed E-state index contributed by atoms with van der Waals surface area (Å²) in [4.78, 5) is 0. The molecule has 0 fully saturated rings. The SMILES string of the molecule is C[Si](C)(C1C=CC=C1)[Si](C)(C)C1C=Cc2c1cc1c(c2-c2ccccc2)CCC1. The van der Waals surface area contributed by atoms with Crippen LogP contribution in [0.25, 0.3) is 17.2 Å². The smallest absolute Gasteiger partial charge is 0.0548 e. The molecular formula is C27H32Si2. The van der Waals surface area contributed by atoms with Gasteiger partial charge in [-0.05, 0) is 63.7 Å². The zero-order chi connectivity index (χ0) is 20.2. The van der Waals surface area contributed by atoms with Gasteiger partial charge in [0.2, 0.25) is 0 Å². The average molecular weight is 413 g/mol. The van der Waals surface area contributed by atoms with Gasteiger partial charge < -0.3 is 0 Å². The van der Waals surface area contributed by atoms with E-state index in [-0.39, 0.29) is 0 Å². The molecule has 2 heteroatoms. The molecule has 0 N–H and O–H groups in total. The Labute approximate surface area is 177 Å². The highest BCUT2D eigenvalue weighted by Gasteiger charge is 2.50. The highest BCUT2D eigenvalue weighted by molar-refractivity contribution is 7.42. The van der Waals surface area contributed by atoms with Crippen molar-refractivity contribution in [2.45, 2.75) is 56.5 Å². The van der Waals surface area contributed by atoms with E-state index in [2.05, 4.69) is 99.0 Å². The number of aryl methyl sites for hydroxylation is 1. The quantitative estimate of drug-likeness (QED) is 0.456. The minimum Gasteiger partial charge on any atom is -0.0806 e. The van der Waals surface area contributed by atoms with Crippen LogP contribution in [0.1, 0.15) is 34.2 Å². The van der Waals surface area contributed by atoms with Crippen LogP contribution in [0.2, 0.25) is 31.7 Å². The summed E-state index contributed by atoms with van der Waals surface area (Å²) in [7, 11) is -2.96. The molecule has 3 aliphatic carbocycles. The molecule has 2 aromatic rings. The van der Waals surface area contributed by atoms with Crippen molar-refractivity contribution in [3.8, 4) is 11.1 Å². The minimum absolute atomic E-state index is 0.648. The molecule has 1 atom stereocenters. The first-order valence-electron chi connectivity index (χ1n) is 11.2. The summed E-state index contributed by atoms with van der Waals surface area (Å²) < 4.78 is 0. The van der Waals surface area contributed by atoms with Crippen molar-refractivity contribution in [2.75, 3.05) is 0 Å². The van der Waals surface area contributed by atoms with Gasteiger partial charge in [-0.25, -0.2) is 0 Å². The first-order chi connectivity index (χ1) is 13.9. The fraction of sp³-hybridized carbons (Fsp3) is 0.333. The van der Waals surface area contributed by atoms with Gasteiger partial charge in [0.05, 0.1) is 15.2 Å². The predicted molar refractivity (Wildman–Crippen MR) is 133 cm³/mol. The summed E-state index contributed by atoms with van der Waals surface area (Å²) in [6.45, 7) is 10.7. The molecular weight excluding hydrogens is 380 g/mol. The summed E-state index contributed by atoms with van der Waals surface area (Å²) in [6, 6.07) is 13.8. The Morgan fingerprint density at radius 2 is 1.55 bits per heavy atom. The maximum atomic E-state index is 2.68. The molecule has 0 aliphatic heterocycles. The van der Waals surface area contributed by atoms with Gasteiger partial charge in [0.15, 0.2) is 0 Å². The number of allylic oxidation sites excluding steroid dienone is 5. The number of rotatable bonds is 4. The van der Waals surface area contributed by atoms with Gasteiger partial charge in [0, 0.05) is 0 Å². The van der Waals surface area contributed by atoms with Gasteiger partial charge in [-0.2, -0.15) is 0 Å². The van der Waals surface area contributed by atoms with E-state index in [1.807, 2.05) is 0 Å². The van der Waals surface area contributed by atoms with Crippen LogP contribution in [0.4, 0.5) is 0 Å². The van der Waals surface area contributed by atoms with Gasteiger partial charge in [-0.1, -0.05) is 99.0 Å². The molecule has 0 nitrogen and oxygen atoms in total. The number of fused-ring (bicyclic) bond motifs is 2. The predicted octanol–water partition coefficient (Wildman–Crippen LogP) is 7.48. The van der Waals surface area contributed by atoms with E-state index in [1.54, 1.807) is 22.3 Å². The number of benzene rings is 2. The molecule has 5 rings (SSSR count). The lowest BCUT2D eigenvalue weighted by molar-refractivity contribution is 0.912. The number of hydrogen-bond acceptors (Lipinski definition) is 0. The summed E-state index contributed by atoms with van der Waals surface area (Å²) in [5, 5.41) is 0. The standard InChI is InChI=1S/C27H32Si2/c1-28(2,22-14-8-9-15-22)29(3,4)26-18-17-24-25(26)19-21-13-10-16-23(21)27(24)20-11-6-5-7-12-20/h5-9,11-12,14-15,17-19,22,26H,10,13,16H2,1-4H3. The van der Waals surface area contributed by atoms with E-state index < -0.39 is 15.2 Å². The summed E-state index contributed by atoms with van der Waals surface area (Å²) in [5.74, 6) is 0. The Morgan fingerprint density at radius 1 is 0.828 bits per heavy atom. The van der Waals surface area contributed by atoms with Crippen LogP contribution in [0.5, 0.6) is 0 Å². The van der Waals surface area contributed by atoms with Crippen molar-refractivity contribution < 1.29 is 0 Å². The lowest BCUT2D eigenvalue weighted by Crippen LogP contribution is -2.60. The molecule has 0 aromatic heterocycles. The molecule has 0 saturated heterocycles.